The summed E-state index contributed by atoms with van der Waals surface area (Å²) in [6.45, 7) is 4.35. The van der Waals surface area contributed by atoms with E-state index < -0.39 is 0 Å². The lowest BCUT2D eigenvalue weighted by molar-refractivity contribution is 0.0982. The van der Waals surface area contributed by atoms with Gasteiger partial charge in [0.05, 0.1) is 6.10 Å². The number of rotatable bonds is 0. The van der Waals surface area contributed by atoms with Gasteiger partial charge in [-0.05, 0) is 24.3 Å². The van der Waals surface area contributed by atoms with Gasteiger partial charge in [0.1, 0.15) is 0 Å². The van der Waals surface area contributed by atoms with Crippen LogP contribution in [-0.2, 0) is 6.42 Å². The van der Waals surface area contributed by atoms with Gasteiger partial charge in [-0.2, -0.15) is 0 Å². The Kier molecular flexibility index (Phi) is 1.88. The molecule has 0 bridgehead atoms. The molecule has 1 aliphatic rings. The Labute approximate surface area is 78.6 Å². The van der Waals surface area contributed by atoms with Crippen LogP contribution in [0.4, 0.5) is 0 Å². The summed E-state index contributed by atoms with van der Waals surface area (Å²) in [7, 11) is 0. The predicted molar refractivity (Wildman–Crippen MR) is 51.3 cm³/mol. The summed E-state index contributed by atoms with van der Waals surface area (Å²) >= 11 is 0. The molecule has 1 aromatic heterocycles. The maximum absolute atomic E-state index is 9.86. The summed E-state index contributed by atoms with van der Waals surface area (Å²) in [6.07, 6.45) is 3.28. The fraction of sp³-hybridized carbons (Fsp3) is 0.545. The third-order valence-corrected chi connectivity index (χ3v) is 2.68. The summed E-state index contributed by atoms with van der Waals surface area (Å²) in [5.41, 5.74) is 2.26. The number of aliphatic hydroxyl groups excluding tert-OH is 1. The van der Waals surface area contributed by atoms with E-state index in [1.165, 1.54) is 0 Å². The Balaban J connectivity index is 2.43. The molecule has 1 unspecified atom stereocenters. The van der Waals surface area contributed by atoms with Crippen LogP contribution in [0.1, 0.15) is 37.6 Å². The summed E-state index contributed by atoms with van der Waals surface area (Å²) in [5, 5.41) is 9.86. The second-order valence-corrected chi connectivity index (χ2v) is 4.60. The smallest absolute Gasteiger partial charge is 0.0812 e. The van der Waals surface area contributed by atoms with Crippen molar-refractivity contribution in [3.63, 3.8) is 0 Å². The molecule has 0 saturated heterocycles. The molecule has 1 aromatic rings. The van der Waals surface area contributed by atoms with Gasteiger partial charge in [-0.25, -0.2) is 0 Å². The highest BCUT2D eigenvalue weighted by Crippen LogP contribution is 2.39. The number of hydrogen-bond donors (Lipinski definition) is 1. The van der Waals surface area contributed by atoms with E-state index in [0.29, 0.717) is 0 Å². The van der Waals surface area contributed by atoms with Crippen molar-refractivity contribution in [2.45, 2.75) is 32.8 Å². The molecule has 0 aromatic carbocycles. The number of hydrogen-bond acceptors (Lipinski definition) is 2. The molecule has 0 amide bonds. The maximum atomic E-state index is 9.86. The van der Waals surface area contributed by atoms with E-state index in [1.54, 1.807) is 6.20 Å². The zero-order valence-corrected chi connectivity index (χ0v) is 8.12. The van der Waals surface area contributed by atoms with Gasteiger partial charge in [-0.1, -0.05) is 19.9 Å². The van der Waals surface area contributed by atoms with E-state index in [1.807, 2.05) is 12.1 Å². The van der Waals surface area contributed by atoms with Crippen molar-refractivity contribution in [2.75, 3.05) is 0 Å². The quantitative estimate of drug-likeness (QED) is 0.658. The van der Waals surface area contributed by atoms with Crippen molar-refractivity contribution < 1.29 is 5.11 Å². The average Bonchev–Trinajstić information content (AvgIpc) is 2.02. The zero-order chi connectivity index (χ0) is 9.47. The van der Waals surface area contributed by atoms with Gasteiger partial charge < -0.3 is 5.11 Å². The number of pyridine rings is 1. The number of aromatic nitrogens is 1. The van der Waals surface area contributed by atoms with E-state index in [-0.39, 0.29) is 11.5 Å². The normalized spacial score (nSPS) is 25.3. The molecule has 1 N–H and O–H groups in total. The number of aliphatic hydroxyl groups is 1. The van der Waals surface area contributed by atoms with Gasteiger partial charge in [0.25, 0.3) is 0 Å². The van der Waals surface area contributed by atoms with Crippen LogP contribution >= 0.6 is 0 Å². The molecule has 13 heavy (non-hydrogen) atoms. The topological polar surface area (TPSA) is 33.1 Å². The Morgan fingerprint density at radius 1 is 1.54 bits per heavy atom. The Morgan fingerprint density at radius 2 is 2.31 bits per heavy atom. The van der Waals surface area contributed by atoms with Crippen molar-refractivity contribution in [1.82, 2.24) is 4.98 Å². The Hall–Kier alpha value is -0.890. The minimum absolute atomic E-state index is 0.181. The first kappa shape index (κ1) is 8.70. The third-order valence-electron chi connectivity index (χ3n) is 2.68. The SMILES string of the molecule is CC1(C)Cc2ncccc2C(O)C1. The van der Waals surface area contributed by atoms with Crippen molar-refractivity contribution in [3.05, 3.63) is 29.6 Å². The lowest BCUT2D eigenvalue weighted by atomic mass is 9.75. The molecule has 2 rings (SSSR count). The lowest BCUT2D eigenvalue weighted by Crippen LogP contribution is -2.26. The maximum Gasteiger partial charge on any atom is 0.0812 e. The van der Waals surface area contributed by atoms with Crippen LogP contribution < -0.4 is 0 Å². The van der Waals surface area contributed by atoms with Gasteiger partial charge >= 0.3 is 0 Å². The van der Waals surface area contributed by atoms with Gasteiger partial charge in [0.2, 0.25) is 0 Å². The first-order valence-corrected chi connectivity index (χ1v) is 4.70. The van der Waals surface area contributed by atoms with Gasteiger partial charge in [0, 0.05) is 17.5 Å². The molecule has 1 heterocycles. The number of fused-ring (bicyclic) bond motifs is 1. The summed E-state index contributed by atoms with van der Waals surface area (Å²) < 4.78 is 0. The van der Waals surface area contributed by atoms with Crippen molar-refractivity contribution in [1.29, 1.82) is 0 Å². The van der Waals surface area contributed by atoms with Crippen LogP contribution in [0.3, 0.4) is 0 Å². The van der Waals surface area contributed by atoms with Crippen LogP contribution in [-0.4, -0.2) is 10.1 Å². The molecular weight excluding hydrogens is 162 g/mol. The molecule has 1 atom stereocenters. The summed E-state index contributed by atoms with van der Waals surface area (Å²) in [6, 6.07) is 3.86. The summed E-state index contributed by atoms with van der Waals surface area (Å²) in [5.74, 6) is 0. The van der Waals surface area contributed by atoms with Crippen LogP contribution in [0.25, 0.3) is 0 Å². The molecule has 0 radical (unpaired) electrons. The van der Waals surface area contributed by atoms with E-state index in [2.05, 4.69) is 18.8 Å². The second-order valence-electron chi connectivity index (χ2n) is 4.60. The molecular formula is C11H15NO. The molecule has 70 valence electrons. The van der Waals surface area contributed by atoms with Crippen molar-refractivity contribution in [2.24, 2.45) is 5.41 Å². The zero-order valence-electron chi connectivity index (χ0n) is 8.12. The highest BCUT2D eigenvalue weighted by Gasteiger charge is 2.31. The van der Waals surface area contributed by atoms with E-state index >= 15 is 0 Å². The number of nitrogens with zero attached hydrogens (tertiary/aromatic N) is 1. The minimum atomic E-state index is -0.326. The Bertz CT molecular complexity index is 320. The predicted octanol–water partition coefficient (Wildman–Crippen LogP) is 2.09. The average molecular weight is 177 g/mol. The molecule has 2 heteroatoms. The fourth-order valence-corrected chi connectivity index (χ4v) is 2.06. The standard InChI is InChI=1S/C11H15NO/c1-11(2)6-9-8(10(13)7-11)4-3-5-12-9/h3-5,10,13H,6-7H2,1-2H3. The summed E-state index contributed by atoms with van der Waals surface area (Å²) in [4.78, 5) is 4.31. The van der Waals surface area contributed by atoms with Crippen molar-refractivity contribution >= 4 is 0 Å². The molecule has 2 nitrogen and oxygen atoms in total. The largest absolute Gasteiger partial charge is 0.388 e. The van der Waals surface area contributed by atoms with E-state index in [9.17, 15) is 5.11 Å². The molecule has 0 fully saturated rings. The highest BCUT2D eigenvalue weighted by molar-refractivity contribution is 5.26. The van der Waals surface area contributed by atoms with E-state index in [4.69, 9.17) is 0 Å². The first-order valence-electron chi connectivity index (χ1n) is 4.70. The second kappa shape index (κ2) is 2.81. The van der Waals surface area contributed by atoms with Gasteiger partial charge in [0.15, 0.2) is 0 Å². The van der Waals surface area contributed by atoms with Gasteiger partial charge in [-0.15, -0.1) is 0 Å². The van der Waals surface area contributed by atoms with Crippen LogP contribution in [0.5, 0.6) is 0 Å². The fourth-order valence-electron chi connectivity index (χ4n) is 2.06. The monoisotopic (exact) mass is 177 g/mol. The Morgan fingerprint density at radius 3 is 3.08 bits per heavy atom. The van der Waals surface area contributed by atoms with Crippen LogP contribution in [0.2, 0.25) is 0 Å². The third kappa shape index (κ3) is 1.59. The highest BCUT2D eigenvalue weighted by atomic mass is 16.3. The minimum Gasteiger partial charge on any atom is -0.388 e. The van der Waals surface area contributed by atoms with E-state index in [0.717, 1.165) is 24.1 Å². The van der Waals surface area contributed by atoms with Crippen molar-refractivity contribution in [3.8, 4) is 0 Å². The molecule has 1 aliphatic carbocycles. The molecule has 0 saturated carbocycles. The lowest BCUT2D eigenvalue weighted by Gasteiger charge is -2.33. The molecule has 0 aliphatic heterocycles. The first-order chi connectivity index (χ1) is 6.08. The van der Waals surface area contributed by atoms with Crippen LogP contribution in [0, 0.1) is 5.41 Å². The van der Waals surface area contributed by atoms with Gasteiger partial charge in [-0.3, -0.25) is 4.98 Å². The van der Waals surface area contributed by atoms with Crippen LogP contribution in [0.15, 0.2) is 18.3 Å². The molecule has 0 spiro atoms.